The number of amides is 1. The molecule has 2 aromatic carbocycles. The van der Waals surface area contributed by atoms with Crippen LogP contribution in [0.4, 0.5) is 0 Å². The first-order chi connectivity index (χ1) is 13.9. The molecule has 29 heavy (non-hydrogen) atoms. The Labute approximate surface area is 173 Å². The predicted octanol–water partition coefficient (Wildman–Crippen LogP) is 5.13. The molecule has 3 rings (SSSR count). The molecule has 1 aromatic heterocycles. The van der Waals surface area contributed by atoms with Gasteiger partial charge in [-0.05, 0) is 55.5 Å². The van der Waals surface area contributed by atoms with Crippen molar-refractivity contribution in [3.63, 3.8) is 0 Å². The van der Waals surface area contributed by atoms with E-state index in [2.05, 4.69) is 54.9 Å². The van der Waals surface area contributed by atoms with Gasteiger partial charge in [0, 0.05) is 13.5 Å². The zero-order valence-electron chi connectivity index (χ0n) is 18.0. The second-order valence-corrected chi connectivity index (χ2v) is 7.93. The number of aromatic nitrogens is 2. The number of carbonyl (C=O) groups excluding carboxylic acids is 1. The molecule has 3 aromatic rings. The van der Waals surface area contributed by atoms with Crippen LogP contribution in [0.5, 0.6) is 5.75 Å². The van der Waals surface area contributed by atoms with Crippen LogP contribution in [0, 0.1) is 6.92 Å². The Balaban J connectivity index is 1.74. The molecule has 1 unspecified atom stereocenters. The smallest absolute Gasteiger partial charge is 0.217 e. The van der Waals surface area contributed by atoms with Crippen molar-refractivity contribution in [3.8, 4) is 5.75 Å². The van der Waals surface area contributed by atoms with Gasteiger partial charge in [-0.1, -0.05) is 38.1 Å². The molecule has 154 valence electrons. The number of hydrogen-bond donors (Lipinski definition) is 1. The van der Waals surface area contributed by atoms with E-state index in [1.54, 1.807) is 0 Å². The van der Waals surface area contributed by atoms with Gasteiger partial charge in [0.2, 0.25) is 5.91 Å². The van der Waals surface area contributed by atoms with E-state index < -0.39 is 0 Å². The number of benzene rings is 2. The number of imidazole rings is 1. The molecule has 0 spiro atoms. The van der Waals surface area contributed by atoms with Gasteiger partial charge in [0.25, 0.3) is 0 Å². The van der Waals surface area contributed by atoms with Crippen LogP contribution in [0.3, 0.4) is 0 Å². The Hall–Kier alpha value is -2.82. The predicted molar refractivity (Wildman–Crippen MR) is 117 cm³/mol. The number of para-hydroxylation sites is 2. The fraction of sp³-hybridized carbons (Fsp3) is 0.417. The van der Waals surface area contributed by atoms with Gasteiger partial charge in [0.1, 0.15) is 11.6 Å². The SMILES string of the molecule is CC(=O)NC(C)c1nc2ccccc2n1CCCOc1cc(C)ccc1C(C)C. The minimum absolute atomic E-state index is 0.0555. The molecule has 0 radical (unpaired) electrons. The zero-order chi connectivity index (χ0) is 21.0. The number of ether oxygens (including phenoxy) is 1. The number of rotatable bonds is 8. The zero-order valence-corrected chi connectivity index (χ0v) is 18.0. The maximum atomic E-state index is 11.5. The Morgan fingerprint density at radius 2 is 1.93 bits per heavy atom. The van der Waals surface area contributed by atoms with E-state index in [0.29, 0.717) is 12.5 Å². The number of carbonyl (C=O) groups is 1. The van der Waals surface area contributed by atoms with E-state index >= 15 is 0 Å². The van der Waals surface area contributed by atoms with Crippen molar-refractivity contribution in [2.75, 3.05) is 6.61 Å². The lowest BCUT2D eigenvalue weighted by atomic mass is 10.0. The van der Waals surface area contributed by atoms with E-state index in [1.165, 1.54) is 18.1 Å². The van der Waals surface area contributed by atoms with Crippen LogP contribution in [0.25, 0.3) is 11.0 Å². The van der Waals surface area contributed by atoms with E-state index in [9.17, 15) is 4.79 Å². The van der Waals surface area contributed by atoms with Crippen LogP contribution in [-0.4, -0.2) is 22.1 Å². The number of nitrogens with one attached hydrogen (secondary N) is 1. The third kappa shape index (κ3) is 4.97. The van der Waals surface area contributed by atoms with Crippen LogP contribution >= 0.6 is 0 Å². The molecular weight excluding hydrogens is 362 g/mol. The minimum atomic E-state index is -0.148. The van der Waals surface area contributed by atoms with Crippen LogP contribution in [0.15, 0.2) is 42.5 Å². The largest absolute Gasteiger partial charge is 0.493 e. The molecule has 0 saturated heterocycles. The number of hydrogen-bond acceptors (Lipinski definition) is 3. The van der Waals surface area contributed by atoms with Gasteiger partial charge < -0.3 is 14.6 Å². The summed E-state index contributed by atoms with van der Waals surface area (Å²) >= 11 is 0. The quantitative estimate of drug-likeness (QED) is 0.540. The highest BCUT2D eigenvalue weighted by Gasteiger charge is 2.17. The van der Waals surface area contributed by atoms with Crippen LogP contribution in [-0.2, 0) is 11.3 Å². The van der Waals surface area contributed by atoms with Gasteiger partial charge in [-0.25, -0.2) is 4.98 Å². The Morgan fingerprint density at radius 1 is 1.17 bits per heavy atom. The first-order valence-electron chi connectivity index (χ1n) is 10.3. The molecule has 5 nitrogen and oxygen atoms in total. The molecule has 0 fully saturated rings. The molecular formula is C24H31N3O2. The van der Waals surface area contributed by atoms with Crippen molar-refractivity contribution >= 4 is 16.9 Å². The van der Waals surface area contributed by atoms with Crippen molar-refractivity contribution in [1.82, 2.24) is 14.9 Å². The Morgan fingerprint density at radius 3 is 2.66 bits per heavy atom. The lowest BCUT2D eigenvalue weighted by molar-refractivity contribution is -0.119. The fourth-order valence-corrected chi connectivity index (χ4v) is 3.68. The van der Waals surface area contributed by atoms with E-state index in [1.807, 2.05) is 25.1 Å². The molecule has 1 atom stereocenters. The van der Waals surface area contributed by atoms with Crippen molar-refractivity contribution < 1.29 is 9.53 Å². The summed E-state index contributed by atoms with van der Waals surface area (Å²) in [4.78, 5) is 16.3. The summed E-state index contributed by atoms with van der Waals surface area (Å²) in [7, 11) is 0. The average molecular weight is 394 g/mol. The Kier molecular flexibility index (Phi) is 6.57. The second-order valence-electron chi connectivity index (χ2n) is 7.93. The fourth-order valence-electron chi connectivity index (χ4n) is 3.68. The second kappa shape index (κ2) is 9.12. The molecule has 1 heterocycles. The molecule has 5 heteroatoms. The summed E-state index contributed by atoms with van der Waals surface area (Å²) in [6.45, 7) is 11.4. The average Bonchev–Trinajstić information content (AvgIpc) is 3.03. The summed E-state index contributed by atoms with van der Waals surface area (Å²) in [5, 5.41) is 2.95. The van der Waals surface area contributed by atoms with E-state index in [0.717, 1.165) is 35.6 Å². The lowest BCUT2D eigenvalue weighted by Gasteiger charge is -2.17. The topological polar surface area (TPSA) is 56.2 Å². The van der Waals surface area contributed by atoms with E-state index in [-0.39, 0.29) is 11.9 Å². The Bertz CT molecular complexity index is 991. The monoisotopic (exact) mass is 393 g/mol. The molecule has 0 saturated carbocycles. The standard InChI is InChI=1S/C24H31N3O2/c1-16(2)20-12-11-17(3)15-23(20)29-14-8-13-27-22-10-7-6-9-21(22)26-24(27)18(4)25-19(5)28/h6-7,9-12,15-16,18H,8,13-14H2,1-5H3,(H,25,28). The summed E-state index contributed by atoms with van der Waals surface area (Å²) in [6, 6.07) is 14.4. The maximum absolute atomic E-state index is 11.5. The van der Waals surface area contributed by atoms with Crippen molar-refractivity contribution in [2.24, 2.45) is 0 Å². The van der Waals surface area contributed by atoms with Gasteiger partial charge in [0.15, 0.2) is 0 Å². The highest BCUT2D eigenvalue weighted by Crippen LogP contribution is 2.28. The highest BCUT2D eigenvalue weighted by molar-refractivity contribution is 5.77. The summed E-state index contributed by atoms with van der Waals surface area (Å²) in [5.41, 5.74) is 4.47. The third-order valence-corrected chi connectivity index (χ3v) is 5.07. The summed E-state index contributed by atoms with van der Waals surface area (Å²) in [6.07, 6.45) is 0.853. The lowest BCUT2D eigenvalue weighted by Crippen LogP contribution is -2.26. The molecule has 1 amide bonds. The molecule has 0 aliphatic heterocycles. The minimum Gasteiger partial charge on any atom is -0.493 e. The van der Waals surface area contributed by atoms with E-state index in [4.69, 9.17) is 9.72 Å². The molecule has 0 aliphatic carbocycles. The first kappa shape index (κ1) is 20.9. The summed E-state index contributed by atoms with van der Waals surface area (Å²) in [5.74, 6) is 2.22. The molecule has 0 aliphatic rings. The number of aryl methyl sites for hydroxylation is 2. The van der Waals surface area contributed by atoms with Gasteiger partial charge in [-0.3, -0.25) is 4.79 Å². The molecule has 1 N–H and O–H groups in total. The summed E-state index contributed by atoms with van der Waals surface area (Å²) < 4.78 is 8.34. The highest BCUT2D eigenvalue weighted by atomic mass is 16.5. The van der Waals surface area contributed by atoms with Crippen LogP contribution in [0.2, 0.25) is 0 Å². The number of fused-ring (bicyclic) bond motifs is 1. The van der Waals surface area contributed by atoms with Crippen molar-refractivity contribution in [2.45, 2.75) is 59.5 Å². The third-order valence-electron chi connectivity index (χ3n) is 5.07. The molecule has 0 bridgehead atoms. The normalized spacial score (nSPS) is 12.3. The van der Waals surface area contributed by atoms with Crippen molar-refractivity contribution in [1.29, 1.82) is 0 Å². The first-order valence-corrected chi connectivity index (χ1v) is 10.3. The van der Waals surface area contributed by atoms with Gasteiger partial charge in [-0.15, -0.1) is 0 Å². The van der Waals surface area contributed by atoms with Gasteiger partial charge in [0.05, 0.1) is 23.7 Å². The van der Waals surface area contributed by atoms with Crippen LogP contribution < -0.4 is 10.1 Å². The van der Waals surface area contributed by atoms with Crippen LogP contribution in [0.1, 0.15) is 63.0 Å². The van der Waals surface area contributed by atoms with Gasteiger partial charge in [-0.2, -0.15) is 0 Å². The van der Waals surface area contributed by atoms with Crippen molar-refractivity contribution in [3.05, 3.63) is 59.4 Å². The van der Waals surface area contributed by atoms with Gasteiger partial charge >= 0.3 is 0 Å². The maximum Gasteiger partial charge on any atom is 0.217 e. The number of nitrogens with zero attached hydrogens (tertiary/aromatic N) is 2.